The van der Waals surface area contributed by atoms with E-state index < -0.39 is 5.97 Å². The van der Waals surface area contributed by atoms with Crippen molar-refractivity contribution in [2.45, 2.75) is 20.4 Å². The van der Waals surface area contributed by atoms with Gasteiger partial charge in [-0.15, -0.1) is 11.3 Å². The predicted molar refractivity (Wildman–Crippen MR) is 105 cm³/mol. The van der Waals surface area contributed by atoms with Crippen molar-refractivity contribution < 1.29 is 14.6 Å². The van der Waals surface area contributed by atoms with E-state index in [9.17, 15) is 20.0 Å². The third-order valence-corrected chi connectivity index (χ3v) is 5.12. The van der Waals surface area contributed by atoms with Crippen LogP contribution in [0.25, 0.3) is 11.8 Å². The van der Waals surface area contributed by atoms with Crippen molar-refractivity contribution in [3.8, 4) is 11.8 Å². The fourth-order valence-corrected chi connectivity index (χ4v) is 3.74. The van der Waals surface area contributed by atoms with E-state index in [1.165, 1.54) is 22.9 Å². The van der Waals surface area contributed by atoms with Crippen molar-refractivity contribution in [3.05, 3.63) is 41.7 Å². The minimum Gasteiger partial charge on any atom is -0.505 e. The number of halogens is 2. The number of phenolic OH excluding ortho intramolecular Hbond substituents is 1. The van der Waals surface area contributed by atoms with Crippen molar-refractivity contribution in [2.24, 2.45) is 0 Å². The van der Waals surface area contributed by atoms with Crippen LogP contribution in [0.1, 0.15) is 13.8 Å². The van der Waals surface area contributed by atoms with Gasteiger partial charge in [0.15, 0.2) is 11.3 Å². The lowest BCUT2D eigenvalue weighted by Gasteiger charge is -2.04. The van der Waals surface area contributed by atoms with E-state index in [1.807, 2.05) is 6.07 Å². The van der Waals surface area contributed by atoms with Crippen LogP contribution in [0.5, 0.6) is 5.75 Å². The Balaban J connectivity index is 2.59. The molecule has 142 valence electrons. The molecule has 0 spiro atoms. The Morgan fingerprint density at radius 2 is 2.04 bits per heavy atom. The molecule has 2 N–H and O–H groups in total. The van der Waals surface area contributed by atoms with Crippen LogP contribution in [0.2, 0.25) is 10.0 Å². The number of ether oxygens (including phenoxy) is 1. The number of phenols is 1. The molecule has 7 nitrogen and oxygen atoms in total. The number of aromatic hydroxyl groups is 1. The lowest BCUT2D eigenvalue weighted by atomic mass is 10.3. The fourth-order valence-electron chi connectivity index (χ4n) is 2.17. The van der Waals surface area contributed by atoms with E-state index >= 15 is 0 Å². The molecule has 0 aliphatic heterocycles. The number of anilines is 1. The van der Waals surface area contributed by atoms with Crippen molar-refractivity contribution in [1.29, 1.82) is 5.26 Å². The molecule has 0 fully saturated rings. The summed E-state index contributed by atoms with van der Waals surface area (Å²) in [6, 6.07) is 4.69. The average Bonchev–Trinajstić information content (AvgIpc) is 2.94. The molecule has 0 aliphatic rings. The number of thiazole rings is 1. The van der Waals surface area contributed by atoms with Gasteiger partial charge in [-0.05, 0) is 26.0 Å². The van der Waals surface area contributed by atoms with Gasteiger partial charge in [-0.3, -0.25) is 9.36 Å². The zero-order valence-electron chi connectivity index (χ0n) is 14.4. The standard InChI is InChI=1S/C17H15Cl2N3O4S/c1-3-22-15(24)13(27-16(22)10(7-20)17(25)26-4-2)8-21-9-5-11(18)14(23)12(19)6-9/h5-6,8,21,23H,3-4H2,1-2H3/b13-8+,16-10-. The number of benzene rings is 1. The van der Waals surface area contributed by atoms with Gasteiger partial charge in [0.2, 0.25) is 0 Å². The third-order valence-electron chi connectivity index (χ3n) is 3.42. The smallest absolute Gasteiger partial charge is 0.351 e. The van der Waals surface area contributed by atoms with E-state index in [-0.39, 0.29) is 49.3 Å². The Hall–Kier alpha value is -2.47. The van der Waals surface area contributed by atoms with Gasteiger partial charge < -0.3 is 15.2 Å². The second-order valence-electron chi connectivity index (χ2n) is 5.11. The number of hydrogen-bond acceptors (Lipinski definition) is 7. The van der Waals surface area contributed by atoms with Gasteiger partial charge in [-0.1, -0.05) is 23.2 Å². The Morgan fingerprint density at radius 1 is 1.41 bits per heavy atom. The summed E-state index contributed by atoms with van der Waals surface area (Å²) in [7, 11) is 0. The van der Waals surface area contributed by atoms with Crippen LogP contribution in [-0.4, -0.2) is 22.2 Å². The van der Waals surface area contributed by atoms with E-state index in [0.717, 1.165) is 11.3 Å². The normalized spacial score (nSPS) is 12.5. The number of nitrogens with zero attached hydrogens (tertiary/aromatic N) is 2. The first kappa shape index (κ1) is 20.8. The number of rotatable bonds is 5. The van der Waals surface area contributed by atoms with Gasteiger partial charge in [0.1, 0.15) is 15.3 Å². The molecule has 1 heterocycles. The zero-order chi connectivity index (χ0) is 20.1. The van der Waals surface area contributed by atoms with Crippen molar-refractivity contribution in [3.63, 3.8) is 0 Å². The van der Waals surface area contributed by atoms with Gasteiger partial charge in [-0.2, -0.15) is 5.26 Å². The molecule has 0 amide bonds. The topological polar surface area (TPSA) is 104 Å². The first-order valence-corrected chi connectivity index (χ1v) is 9.37. The maximum Gasteiger partial charge on any atom is 0.351 e. The maximum atomic E-state index is 12.6. The predicted octanol–water partition coefficient (Wildman–Crippen LogP) is 2.03. The molecule has 1 aromatic heterocycles. The first-order valence-electron chi connectivity index (χ1n) is 7.79. The average molecular weight is 428 g/mol. The monoisotopic (exact) mass is 427 g/mol. The molecule has 0 bridgehead atoms. The second kappa shape index (κ2) is 8.95. The van der Waals surface area contributed by atoms with Crippen molar-refractivity contribution in [2.75, 3.05) is 11.9 Å². The largest absolute Gasteiger partial charge is 0.505 e. The fraction of sp³-hybridized carbons (Fsp3) is 0.235. The summed E-state index contributed by atoms with van der Waals surface area (Å²) in [5.74, 6) is -1.02. The maximum absolute atomic E-state index is 12.6. The van der Waals surface area contributed by atoms with Crippen LogP contribution in [0.3, 0.4) is 0 Å². The number of nitrogens with one attached hydrogen (secondary N) is 1. The van der Waals surface area contributed by atoms with E-state index in [4.69, 9.17) is 27.9 Å². The summed E-state index contributed by atoms with van der Waals surface area (Å²) in [5.41, 5.74) is -0.135. The highest BCUT2D eigenvalue weighted by atomic mass is 35.5. The minimum absolute atomic E-state index is 0.0543. The molecule has 0 aliphatic carbocycles. The molecule has 0 saturated heterocycles. The highest BCUT2D eigenvalue weighted by molar-refractivity contribution is 7.07. The summed E-state index contributed by atoms with van der Waals surface area (Å²) in [5, 5.41) is 21.9. The van der Waals surface area contributed by atoms with Crippen LogP contribution >= 0.6 is 34.5 Å². The van der Waals surface area contributed by atoms with Crippen LogP contribution in [0.15, 0.2) is 16.9 Å². The zero-order valence-corrected chi connectivity index (χ0v) is 16.7. The number of nitriles is 1. The van der Waals surface area contributed by atoms with Crippen LogP contribution in [-0.2, 0) is 16.1 Å². The van der Waals surface area contributed by atoms with Gasteiger partial charge in [-0.25, -0.2) is 4.79 Å². The van der Waals surface area contributed by atoms with Crippen LogP contribution in [0.4, 0.5) is 5.69 Å². The van der Waals surface area contributed by atoms with Crippen molar-refractivity contribution in [1.82, 2.24) is 4.57 Å². The number of carbonyl (C=O) groups excluding carboxylic acids is 1. The minimum atomic E-state index is -0.778. The molecule has 27 heavy (non-hydrogen) atoms. The highest BCUT2D eigenvalue weighted by Gasteiger charge is 2.16. The summed E-state index contributed by atoms with van der Waals surface area (Å²) < 4.78 is 6.69. The summed E-state index contributed by atoms with van der Waals surface area (Å²) in [4.78, 5) is 24.5. The molecule has 2 rings (SSSR count). The van der Waals surface area contributed by atoms with E-state index in [2.05, 4.69) is 5.32 Å². The van der Waals surface area contributed by atoms with Crippen molar-refractivity contribution >= 4 is 58.0 Å². The Bertz CT molecular complexity index is 1080. The molecular weight excluding hydrogens is 413 g/mol. The molecular formula is C17H15Cl2N3O4S. The van der Waals surface area contributed by atoms with Gasteiger partial charge in [0, 0.05) is 18.4 Å². The first-order chi connectivity index (χ1) is 12.8. The lowest BCUT2D eigenvalue weighted by Crippen LogP contribution is -2.32. The van der Waals surface area contributed by atoms with Gasteiger partial charge in [0.25, 0.3) is 5.56 Å². The van der Waals surface area contributed by atoms with E-state index in [1.54, 1.807) is 13.8 Å². The molecule has 0 atom stereocenters. The molecule has 10 heteroatoms. The highest BCUT2D eigenvalue weighted by Crippen LogP contribution is 2.34. The molecule has 0 radical (unpaired) electrons. The molecule has 0 saturated carbocycles. The number of carbonyl (C=O) groups is 1. The van der Waals surface area contributed by atoms with Crippen LogP contribution < -0.4 is 20.1 Å². The molecule has 1 aromatic carbocycles. The number of aromatic nitrogens is 1. The number of hydrogen-bond donors (Lipinski definition) is 2. The third kappa shape index (κ3) is 4.45. The Labute approximate surface area is 168 Å². The number of esters is 1. The quantitative estimate of drug-likeness (QED) is 0.558. The van der Waals surface area contributed by atoms with Gasteiger partial charge >= 0.3 is 5.97 Å². The summed E-state index contributed by atoms with van der Waals surface area (Å²) in [6.45, 7) is 3.76. The molecule has 2 aromatic rings. The lowest BCUT2D eigenvalue weighted by molar-refractivity contribution is -0.136. The molecule has 0 unspecified atom stereocenters. The summed E-state index contributed by atoms with van der Waals surface area (Å²) >= 11 is 12.7. The second-order valence-corrected chi connectivity index (χ2v) is 6.95. The SMILES string of the molecule is CCOC(=O)/C(C#N)=c1\s/c(=C/Nc2cc(Cl)c(O)c(Cl)c2)c(=O)n1CC. The summed E-state index contributed by atoms with van der Waals surface area (Å²) in [6.07, 6.45) is 1.42. The Morgan fingerprint density at radius 3 is 2.56 bits per heavy atom. The van der Waals surface area contributed by atoms with Crippen LogP contribution in [0, 0.1) is 11.3 Å². The Kier molecular flexibility index (Phi) is 6.91. The van der Waals surface area contributed by atoms with E-state index in [0.29, 0.717) is 5.69 Å². The van der Waals surface area contributed by atoms with Gasteiger partial charge in [0.05, 0.1) is 16.7 Å².